The minimum atomic E-state index is 0.153. The number of hydrogen-bond acceptors (Lipinski definition) is 8. The third-order valence-electron chi connectivity index (χ3n) is 3.85. The third kappa shape index (κ3) is 4.56. The maximum Gasteiger partial charge on any atom is 0.322 e. The number of methoxy groups -OCH3 is 1. The van der Waals surface area contributed by atoms with E-state index in [9.17, 15) is 5.11 Å². The summed E-state index contributed by atoms with van der Waals surface area (Å²) in [6.45, 7) is 0. The van der Waals surface area contributed by atoms with Crippen LogP contribution in [0.25, 0.3) is 11.3 Å². The Labute approximate surface area is 166 Å². The molecular formula is C21H16N4O4. The quantitative estimate of drug-likeness (QED) is 0.524. The second-order valence-corrected chi connectivity index (χ2v) is 5.86. The molecule has 0 amide bonds. The van der Waals surface area contributed by atoms with E-state index >= 15 is 0 Å². The molecule has 4 aromatic rings. The summed E-state index contributed by atoms with van der Waals surface area (Å²) in [4.78, 5) is 16.9. The van der Waals surface area contributed by atoms with Gasteiger partial charge in [0.15, 0.2) is 0 Å². The first-order valence-corrected chi connectivity index (χ1v) is 8.64. The Morgan fingerprint density at radius 1 is 0.759 bits per heavy atom. The fourth-order valence-corrected chi connectivity index (χ4v) is 2.44. The van der Waals surface area contributed by atoms with Crippen molar-refractivity contribution >= 4 is 0 Å². The molecule has 0 unspecified atom stereocenters. The molecule has 0 fully saturated rings. The molecule has 29 heavy (non-hydrogen) atoms. The van der Waals surface area contributed by atoms with Gasteiger partial charge in [0.25, 0.3) is 0 Å². The van der Waals surface area contributed by atoms with Crippen LogP contribution in [0.3, 0.4) is 0 Å². The zero-order valence-electron chi connectivity index (χ0n) is 15.4. The van der Waals surface area contributed by atoms with Crippen LogP contribution in [0.4, 0.5) is 0 Å². The number of aromatic nitrogens is 4. The Bertz CT molecular complexity index is 1100. The zero-order chi connectivity index (χ0) is 20.1. The van der Waals surface area contributed by atoms with Crippen molar-refractivity contribution in [1.29, 1.82) is 0 Å². The summed E-state index contributed by atoms with van der Waals surface area (Å²) in [7, 11) is 1.59. The molecule has 2 aromatic heterocycles. The minimum absolute atomic E-state index is 0.153. The van der Waals surface area contributed by atoms with Crippen LogP contribution < -0.4 is 14.2 Å². The van der Waals surface area contributed by atoms with Gasteiger partial charge in [0.05, 0.1) is 12.8 Å². The van der Waals surface area contributed by atoms with Gasteiger partial charge in [0.2, 0.25) is 0 Å². The van der Waals surface area contributed by atoms with Gasteiger partial charge in [0, 0.05) is 30.2 Å². The molecule has 8 nitrogen and oxygen atoms in total. The number of ether oxygens (including phenoxy) is 3. The first-order valence-electron chi connectivity index (χ1n) is 8.64. The molecule has 0 saturated carbocycles. The number of phenols is 1. The first kappa shape index (κ1) is 18.2. The average molecular weight is 388 g/mol. The lowest BCUT2D eigenvalue weighted by Gasteiger charge is -2.07. The van der Waals surface area contributed by atoms with Crippen LogP contribution in [0.5, 0.6) is 35.0 Å². The van der Waals surface area contributed by atoms with Crippen molar-refractivity contribution in [1.82, 2.24) is 19.9 Å². The van der Waals surface area contributed by atoms with Gasteiger partial charge in [-0.05, 0) is 42.5 Å². The second-order valence-electron chi connectivity index (χ2n) is 5.86. The summed E-state index contributed by atoms with van der Waals surface area (Å²) in [5.74, 6) is 1.92. The smallest absolute Gasteiger partial charge is 0.322 e. The number of aromatic hydroxyl groups is 1. The minimum Gasteiger partial charge on any atom is -0.508 e. The van der Waals surface area contributed by atoms with Gasteiger partial charge in [-0.25, -0.2) is 15.0 Å². The molecule has 8 heteroatoms. The Morgan fingerprint density at radius 3 is 2.24 bits per heavy atom. The Morgan fingerprint density at radius 2 is 1.48 bits per heavy atom. The van der Waals surface area contributed by atoms with E-state index in [0.717, 1.165) is 0 Å². The SMILES string of the molecule is COc1cccc(Oc2ncc(-c3ccnc(Oc4ccc(O)cc4)n3)cn2)c1. The molecular weight excluding hydrogens is 372 g/mol. The predicted molar refractivity (Wildman–Crippen MR) is 104 cm³/mol. The van der Waals surface area contributed by atoms with E-state index in [2.05, 4.69) is 19.9 Å². The topological polar surface area (TPSA) is 99.5 Å². The molecule has 0 aliphatic rings. The summed E-state index contributed by atoms with van der Waals surface area (Å²) >= 11 is 0. The molecule has 144 valence electrons. The van der Waals surface area contributed by atoms with Gasteiger partial charge in [-0.1, -0.05) is 6.07 Å². The number of rotatable bonds is 6. The summed E-state index contributed by atoms with van der Waals surface area (Å²) < 4.78 is 16.4. The first-order chi connectivity index (χ1) is 14.2. The molecule has 0 saturated heterocycles. The van der Waals surface area contributed by atoms with Gasteiger partial charge < -0.3 is 19.3 Å². The van der Waals surface area contributed by atoms with Crippen molar-refractivity contribution in [3.63, 3.8) is 0 Å². The number of hydrogen-bond donors (Lipinski definition) is 1. The van der Waals surface area contributed by atoms with E-state index in [1.54, 1.807) is 56.0 Å². The number of nitrogens with zero attached hydrogens (tertiary/aromatic N) is 4. The Kier molecular flexibility index (Phi) is 5.15. The lowest BCUT2D eigenvalue weighted by atomic mass is 10.2. The highest BCUT2D eigenvalue weighted by molar-refractivity contribution is 5.56. The summed E-state index contributed by atoms with van der Waals surface area (Å²) in [5, 5.41) is 9.34. The van der Waals surface area contributed by atoms with Crippen LogP contribution in [-0.4, -0.2) is 32.2 Å². The molecule has 2 aromatic carbocycles. The van der Waals surface area contributed by atoms with Crippen LogP contribution in [-0.2, 0) is 0 Å². The summed E-state index contributed by atoms with van der Waals surface area (Å²) in [5.41, 5.74) is 1.28. The summed E-state index contributed by atoms with van der Waals surface area (Å²) in [6, 6.07) is 15.6. The normalized spacial score (nSPS) is 10.4. The Balaban J connectivity index is 1.49. The second kappa shape index (κ2) is 8.22. The van der Waals surface area contributed by atoms with Crippen molar-refractivity contribution in [2.75, 3.05) is 7.11 Å². The van der Waals surface area contributed by atoms with Crippen LogP contribution in [0, 0.1) is 0 Å². The van der Waals surface area contributed by atoms with Crippen molar-refractivity contribution in [3.05, 3.63) is 73.2 Å². The van der Waals surface area contributed by atoms with Crippen molar-refractivity contribution in [3.8, 4) is 46.3 Å². The van der Waals surface area contributed by atoms with E-state index in [1.165, 1.54) is 12.1 Å². The maximum atomic E-state index is 9.34. The van der Waals surface area contributed by atoms with E-state index in [-0.39, 0.29) is 17.8 Å². The van der Waals surface area contributed by atoms with E-state index in [1.807, 2.05) is 12.1 Å². The molecule has 0 atom stereocenters. The lowest BCUT2D eigenvalue weighted by molar-refractivity contribution is 0.404. The standard InChI is InChI=1S/C21H16N4O4/c1-27-17-3-2-4-18(11-17)29-20-23-12-14(13-24-20)19-9-10-22-21(25-19)28-16-7-5-15(26)6-8-16/h2-13,26H,1H3. The van der Waals surface area contributed by atoms with Crippen LogP contribution in [0.2, 0.25) is 0 Å². The molecule has 4 rings (SSSR count). The van der Waals surface area contributed by atoms with Gasteiger partial charge in [0.1, 0.15) is 23.0 Å². The maximum absolute atomic E-state index is 9.34. The molecule has 0 radical (unpaired) electrons. The molecule has 0 bridgehead atoms. The lowest BCUT2D eigenvalue weighted by Crippen LogP contribution is -1.96. The van der Waals surface area contributed by atoms with Crippen molar-refractivity contribution in [2.24, 2.45) is 0 Å². The van der Waals surface area contributed by atoms with Crippen molar-refractivity contribution in [2.45, 2.75) is 0 Å². The molecule has 1 N–H and O–H groups in total. The van der Waals surface area contributed by atoms with Gasteiger partial charge in [-0.2, -0.15) is 4.98 Å². The van der Waals surface area contributed by atoms with Crippen molar-refractivity contribution < 1.29 is 19.3 Å². The average Bonchev–Trinajstić information content (AvgIpc) is 2.76. The van der Waals surface area contributed by atoms with Gasteiger partial charge >= 0.3 is 12.0 Å². The molecule has 0 aliphatic heterocycles. The fraction of sp³-hybridized carbons (Fsp3) is 0.0476. The Hall–Kier alpha value is -4.20. The highest BCUT2D eigenvalue weighted by atomic mass is 16.5. The monoisotopic (exact) mass is 388 g/mol. The molecule has 0 aliphatic carbocycles. The third-order valence-corrected chi connectivity index (χ3v) is 3.85. The number of benzene rings is 2. The molecule has 0 spiro atoms. The highest BCUT2D eigenvalue weighted by Gasteiger charge is 2.08. The summed E-state index contributed by atoms with van der Waals surface area (Å²) in [6.07, 6.45) is 4.79. The highest BCUT2D eigenvalue weighted by Crippen LogP contribution is 2.25. The van der Waals surface area contributed by atoms with Crippen LogP contribution in [0.15, 0.2) is 73.2 Å². The van der Waals surface area contributed by atoms with E-state index in [4.69, 9.17) is 14.2 Å². The van der Waals surface area contributed by atoms with Crippen LogP contribution >= 0.6 is 0 Å². The number of phenolic OH excluding ortho intramolecular Hbond substituents is 1. The predicted octanol–water partition coefficient (Wildman–Crippen LogP) is 4.23. The fourth-order valence-electron chi connectivity index (χ4n) is 2.44. The van der Waals surface area contributed by atoms with E-state index in [0.29, 0.717) is 28.5 Å². The van der Waals surface area contributed by atoms with Gasteiger partial charge in [-0.3, -0.25) is 0 Å². The zero-order valence-corrected chi connectivity index (χ0v) is 15.4. The van der Waals surface area contributed by atoms with Gasteiger partial charge in [-0.15, -0.1) is 0 Å². The van der Waals surface area contributed by atoms with Crippen LogP contribution in [0.1, 0.15) is 0 Å². The largest absolute Gasteiger partial charge is 0.508 e. The van der Waals surface area contributed by atoms with E-state index < -0.39 is 0 Å². The molecule has 2 heterocycles.